The molecule has 0 radical (unpaired) electrons. The average molecular weight is 760 g/mol. The first-order chi connectivity index (χ1) is 28.7. The first-order valence-electron chi connectivity index (χ1n) is 19.5. The van der Waals surface area contributed by atoms with E-state index >= 15 is 0 Å². The number of nitrogens with zero attached hydrogens (tertiary/aromatic N) is 3. The van der Waals surface area contributed by atoms with Crippen molar-refractivity contribution in [1.82, 2.24) is 9.55 Å². The molecule has 5 heteroatoms. The van der Waals surface area contributed by atoms with E-state index < -0.39 is 0 Å². The molecule has 12 rings (SSSR count). The molecule has 0 aliphatic carbocycles. The Labute approximate surface area is 338 Å². The third-order valence-corrected chi connectivity index (χ3v) is 12.5. The first-order valence-corrected chi connectivity index (χ1v) is 20.4. The summed E-state index contributed by atoms with van der Waals surface area (Å²) in [6.45, 7) is 0. The minimum atomic E-state index is 0.621. The number of aromatic nitrogens is 2. The van der Waals surface area contributed by atoms with Crippen LogP contribution in [0, 0.1) is 0 Å². The van der Waals surface area contributed by atoms with Crippen LogP contribution >= 0.6 is 11.3 Å². The Morgan fingerprint density at radius 3 is 1.90 bits per heavy atom. The van der Waals surface area contributed by atoms with Crippen LogP contribution in [0.3, 0.4) is 0 Å². The van der Waals surface area contributed by atoms with E-state index in [-0.39, 0.29) is 0 Å². The van der Waals surface area contributed by atoms with E-state index in [1.165, 1.54) is 36.5 Å². The third-order valence-electron chi connectivity index (χ3n) is 11.4. The lowest BCUT2D eigenvalue weighted by molar-refractivity contribution is 0.621. The van der Waals surface area contributed by atoms with Crippen molar-refractivity contribution < 1.29 is 4.42 Å². The van der Waals surface area contributed by atoms with Crippen LogP contribution in [0.2, 0.25) is 0 Å². The van der Waals surface area contributed by atoms with Gasteiger partial charge in [0.15, 0.2) is 5.58 Å². The molecule has 4 nitrogen and oxygen atoms in total. The minimum Gasteiger partial charge on any atom is -0.435 e. The number of fused-ring (bicyclic) bond motifs is 9. The molecule has 12 aromatic rings. The predicted molar refractivity (Wildman–Crippen MR) is 244 cm³/mol. The zero-order chi connectivity index (χ0) is 38.2. The number of oxazole rings is 1. The Morgan fingerprint density at radius 1 is 0.448 bits per heavy atom. The summed E-state index contributed by atoms with van der Waals surface area (Å²) in [5.74, 6) is 0.621. The van der Waals surface area contributed by atoms with E-state index in [0.717, 1.165) is 66.8 Å². The van der Waals surface area contributed by atoms with E-state index in [2.05, 4.69) is 179 Å². The van der Waals surface area contributed by atoms with Crippen LogP contribution in [0.25, 0.3) is 92.1 Å². The maximum absolute atomic E-state index is 6.62. The summed E-state index contributed by atoms with van der Waals surface area (Å²) < 4.78 is 11.6. The quantitative estimate of drug-likeness (QED) is 0.169. The van der Waals surface area contributed by atoms with Crippen molar-refractivity contribution in [1.29, 1.82) is 0 Å². The number of benzene rings is 9. The largest absolute Gasteiger partial charge is 0.435 e. The van der Waals surface area contributed by atoms with Gasteiger partial charge in [-0.2, -0.15) is 0 Å². The van der Waals surface area contributed by atoms with Crippen LogP contribution < -0.4 is 4.90 Å². The molecule has 0 aliphatic rings. The fourth-order valence-electron chi connectivity index (χ4n) is 8.71. The zero-order valence-corrected chi connectivity index (χ0v) is 32.0. The van der Waals surface area contributed by atoms with Gasteiger partial charge in [0.1, 0.15) is 5.52 Å². The second-order valence-corrected chi connectivity index (χ2v) is 15.8. The smallest absolute Gasteiger partial charge is 0.227 e. The topological polar surface area (TPSA) is 34.2 Å². The minimum absolute atomic E-state index is 0.621. The van der Waals surface area contributed by atoms with Crippen molar-refractivity contribution in [2.75, 3.05) is 4.90 Å². The highest BCUT2D eigenvalue weighted by Crippen LogP contribution is 2.44. The summed E-state index contributed by atoms with van der Waals surface area (Å²) in [4.78, 5) is 7.44. The molecular formula is C53H33N3OS. The van der Waals surface area contributed by atoms with Crippen LogP contribution in [-0.2, 0) is 0 Å². The molecule has 0 unspecified atom stereocenters. The third kappa shape index (κ3) is 5.18. The lowest BCUT2D eigenvalue weighted by Gasteiger charge is -2.26. The van der Waals surface area contributed by atoms with Gasteiger partial charge in [0, 0.05) is 70.2 Å². The molecule has 0 saturated heterocycles. The van der Waals surface area contributed by atoms with Gasteiger partial charge < -0.3 is 13.9 Å². The second-order valence-electron chi connectivity index (χ2n) is 14.8. The fraction of sp³-hybridized carbons (Fsp3) is 0. The van der Waals surface area contributed by atoms with Crippen LogP contribution in [-0.4, -0.2) is 9.55 Å². The number of hydrogen-bond acceptors (Lipinski definition) is 4. The molecule has 3 aromatic heterocycles. The van der Waals surface area contributed by atoms with E-state index in [9.17, 15) is 0 Å². The van der Waals surface area contributed by atoms with Gasteiger partial charge in [0.25, 0.3) is 0 Å². The van der Waals surface area contributed by atoms with E-state index in [1.54, 1.807) is 0 Å². The number of thiophene rings is 1. The Bertz CT molecular complexity index is 3510. The number of hydrogen-bond donors (Lipinski definition) is 0. The molecule has 0 saturated carbocycles. The highest BCUT2D eigenvalue weighted by Gasteiger charge is 2.21. The van der Waals surface area contributed by atoms with Gasteiger partial charge >= 0.3 is 0 Å². The number of anilines is 3. The van der Waals surface area contributed by atoms with E-state index in [4.69, 9.17) is 9.40 Å². The van der Waals surface area contributed by atoms with Crippen molar-refractivity contribution >= 4 is 92.2 Å². The molecule has 9 aromatic carbocycles. The van der Waals surface area contributed by atoms with Crippen molar-refractivity contribution in [2.24, 2.45) is 0 Å². The molecule has 58 heavy (non-hydrogen) atoms. The summed E-state index contributed by atoms with van der Waals surface area (Å²) in [7, 11) is 0. The van der Waals surface area contributed by atoms with Crippen molar-refractivity contribution in [2.45, 2.75) is 0 Å². The Morgan fingerprint density at radius 2 is 1.07 bits per heavy atom. The Hall–Kier alpha value is -7.47. The second kappa shape index (κ2) is 13.1. The maximum atomic E-state index is 6.62. The molecular weight excluding hydrogens is 727 g/mol. The van der Waals surface area contributed by atoms with Gasteiger partial charge in [-0.05, 0) is 89.8 Å². The van der Waals surface area contributed by atoms with Crippen molar-refractivity contribution in [3.8, 4) is 28.3 Å². The predicted octanol–water partition coefficient (Wildman–Crippen LogP) is 15.2. The van der Waals surface area contributed by atoms with Gasteiger partial charge in [-0.15, -0.1) is 11.3 Å². The lowest BCUT2D eigenvalue weighted by Crippen LogP contribution is -2.10. The molecule has 272 valence electrons. The molecule has 0 atom stereocenters. The molecule has 0 spiro atoms. The summed E-state index contributed by atoms with van der Waals surface area (Å²) in [5.41, 5.74) is 11.4. The molecule has 0 N–H and O–H groups in total. The number of rotatable bonds is 6. The van der Waals surface area contributed by atoms with E-state index in [0.29, 0.717) is 5.89 Å². The first kappa shape index (κ1) is 32.7. The highest BCUT2D eigenvalue weighted by atomic mass is 32.1. The normalized spacial score (nSPS) is 11.8. The van der Waals surface area contributed by atoms with Gasteiger partial charge in [-0.25, -0.2) is 4.98 Å². The van der Waals surface area contributed by atoms with Gasteiger partial charge in [0.05, 0.1) is 11.0 Å². The molecule has 0 fully saturated rings. The van der Waals surface area contributed by atoms with Crippen molar-refractivity contribution in [3.63, 3.8) is 0 Å². The number of para-hydroxylation sites is 2. The maximum Gasteiger partial charge on any atom is 0.227 e. The molecule has 0 amide bonds. The monoisotopic (exact) mass is 759 g/mol. The van der Waals surface area contributed by atoms with Crippen LogP contribution in [0.15, 0.2) is 205 Å². The molecule has 0 aliphatic heterocycles. The Balaban J connectivity index is 1.05. The lowest BCUT2D eigenvalue weighted by atomic mass is 9.99. The van der Waals surface area contributed by atoms with Crippen LogP contribution in [0.4, 0.5) is 17.1 Å². The van der Waals surface area contributed by atoms with E-state index in [1.807, 2.05) is 41.7 Å². The zero-order valence-electron chi connectivity index (χ0n) is 31.2. The highest BCUT2D eigenvalue weighted by molar-refractivity contribution is 7.25. The summed E-state index contributed by atoms with van der Waals surface area (Å²) in [5, 5.41) is 7.24. The van der Waals surface area contributed by atoms with Crippen LogP contribution in [0.1, 0.15) is 0 Å². The molecule has 0 bridgehead atoms. The van der Waals surface area contributed by atoms with Gasteiger partial charge in [-0.1, -0.05) is 121 Å². The summed E-state index contributed by atoms with van der Waals surface area (Å²) >= 11 is 1.84. The van der Waals surface area contributed by atoms with Crippen molar-refractivity contribution in [3.05, 3.63) is 200 Å². The summed E-state index contributed by atoms with van der Waals surface area (Å²) in [6.07, 6.45) is 0. The standard InChI is InChI=1S/C53H33N3OS/c1-3-13-35(14-4-1)53-54-51-41-18-8-7-15-36(41)31-46(52(51)57-53)34-23-25-38(26-24-34)55(40-28-30-45-44-20-10-12-22-49(44)58-50(45)33-40)39-27-29-43-42-19-9-11-21-47(42)56(48(43)32-39)37-16-5-2-6-17-37/h1-33H. The Kier molecular flexibility index (Phi) is 7.37. The molecule has 3 heterocycles. The average Bonchev–Trinajstić information content (AvgIpc) is 3.99. The van der Waals surface area contributed by atoms with Gasteiger partial charge in [0.2, 0.25) is 5.89 Å². The fourth-order valence-corrected chi connectivity index (χ4v) is 9.85. The summed E-state index contributed by atoms with van der Waals surface area (Å²) in [6, 6.07) is 71.5. The van der Waals surface area contributed by atoms with Gasteiger partial charge in [-0.3, -0.25) is 0 Å². The SMILES string of the molecule is c1ccc(-c2nc3c(o2)c(-c2ccc(N(c4ccc5c(c4)sc4ccccc45)c4ccc5c6ccccc6n(-c6ccccc6)c5c4)cc2)cc2ccccc23)cc1. The van der Waals surface area contributed by atoms with Crippen LogP contribution in [0.5, 0.6) is 0 Å².